The number of aliphatic hydroxyl groups is 1. The molecule has 0 saturated heterocycles. The zero-order valence-corrected chi connectivity index (χ0v) is 17.7. The lowest BCUT2D eigenvalue weighted by Crippen LogP contribution is -2.06. The molecule has 0 radical (unpaired) electrons. The van der Waals surface area contributed by atoms with Crippen molar-refractivity contribution in [1.29, 1.82) is 0 Å². The second-order valence-corrected chi connectivity index (χ2v) is 8.74. The number of rotatable bonds is 4. The van der Waals surface area contributed by atoms with Crippen molar-refractivity contribution in [2.24, 2.45) is 25.9 Å². The molecule has 7 heteroatoms. The summed E-state index contributed by atoms with van der Waals surface area (Å²) < 4.78 is 5.83. The molecular formula is C16H22I2N4O. The normalized spacial score (nSPS) is 18.5. The number of aliphatic hydroxyl groups excluding tert-OH is 1. The average molecular weight is 540 g/mol. The molecule has 126 valence electrons. The highest BCUT2D eigenvalue weighted by molar-refractivity contribution is 14.1. The minimum absolute atomic E-state index is 0.300. The van der Waals surface area contributed by atoms with E-state index in [2.05, 4.69) is 61.4 Å². The maximum atomic E-state index is 9.79. The van der Waals surface area contributed by atoms with Crippen LogP contribution >= 0.6 is 45.2 Å². The van der Waals surface area contributed by atoms with Gasteiger partial charge in [-0.15, -0.1) is 0 Å². The SMILES string of the molecule is Cn1nc(I)cc1C(O)C1CC1.Cn1nc(I)cc1CC1CC1. The molecule has 2 heterocycles. The molecule has 2 aromatic heterocycles. The summed E-state index contributed by atoms with van der Waals surface area (Å²) >= 11 is 4.42. The van der Waals surface area contributed by atoms with E-state index in [9.17, 15) is 5.11 Å². The summed E-state index contributed by atoms with van der Waals surface area (Å²) in [6.07, 6.45) is 6.08. The Hall–Kier alpha value is -0.160. The van der Waals surface area contributed by atoms with Gasteiger partial charge in [-0.25, -0.2) is 0 Å². The standard InChI is InChI=1S/C8H11IN2O.C8H11IN2/c1-11-6(4-7(9)10-11)8(12)5-2-3-5;1-11-7(4-6-2-3-6)5-8(9)10-11/h4-5,8,12H,2-3H2,1H3;5-6H,2-4H2,1H3. The zero-order chi connectivity index (χ0) is 16.6. The molecule has 0 aliphatic heterocycles. The van der Waals surface area contributed by atoms with E-state index in [4.69, 9.17) is 0 Å². The molecule has 1 N–H and O–H groups in total. The van der Waals surface area contributed by atoms with Crippen LogP contribution in [0.1, 0.15) is 43.2 Å². The minimum Gasteiger partial charge on any atom is -0.387 e. The largest absolute Gasteiger partial charge is 0.387 e. The molecule has 23 heavy (non-hydrogen) atoms. The third-order valence-corrected chi connectivity index (χ3v) is 5.45. The predicted octanol–water partition coefficient (Wildman–Crippen LogP) is 3.45. The van der Waals surface area contributed by atoms with E-state index >= 15 is 0 Å². The average Bonchev–Trinajstić information content (AvgIpc) is 3.37. The van der Waals surface area contributed by atoms with Crippen molar-refractivity contribution in [3.8, 4) is 0 Å². The first-order valence-corrected chi connectivity index (χ1v) is 10.2. The lowest BCUT2D eigenvalue weighted by molar-refractivity contribution is 0.144. The first kappa shape index (κ1) is 17.7. The molecule has 1 unspecified atom stereocenters. The van der Waals surface area contributed by atoms with Gasteiger partial charge in [0.2, 0.25) is 0 Å². The Morgan fingerprint density at radius 3 is 2.13 bits per heavy atom. The van der Waals surface area contributed by atoms with Crippen molar-refractivity contribution in [2.45, 2.75) is 38.2 Å². The topological polar surface area (TPSA) is 55.9 Å². The van der Waals surface area contributed by atoms with Crippen molar-refractivity contribution in [1.82, 2.24) is 19.6 Å². The quantitative estimate of drug-likeness (QED) is 0.606. The number of halogens is 2. The maximum absolute atomic E-state index is 9.79. The van der Waals surface area contributed by atoms with Crippen LogP contribution in [0.15, 0.2) is 12.1 Å². The van der Waals surface area contributed by atoms with Crippen molar-refractivity contribution in [3.05, 3.63) is 30.9 Å². The number of aryl methyl sites for hydroxylation is 2. The monoisotopic (exact) mass is 540 g/mol. The molecule has 2 aliphatic carbocycles. The highest BCUT2D eigenvalue weighted by atomic mass is 127. The summed E-state index contributed by atoms with van der Waals surface area (Å²) in [7, 11) is 3.91. The molecule has 2 aliphatic rings. The van der Waals surface area contributed by atoms with Crippen molar-refractivity contribution in [2.75, 3.05) is 0 Å². The highest BCUT2D eigenvalue weighted by Gasteiger charge is 2.32. The van der Waals surface area contributed by atoms with Gasteiger partial charge in [-0.05, 0) is 101 Å². The maximum Gasteiger partial charge on any atom is 0.123 e. The molecule has 0 bridgehead atoms. The molecule has 0 aromatic carbocycles. The summed E-state index contributed by atoms with van der Waals surface area (Å²) in [5.41, 5.74) is 2.33. The summed E-state index contributed by atoms with van der Waals surface area (Å²) in [6, 6.07) is 4.13. The molecule has 5 nitrogen and oxygen atoms in total. The highest BCUT2D eigenvalue weighted by Crippen LogP contribution is 2.40. The van der Waals surface area contributed by atoms with Crippen LogP contribution in [0, 0.1) is 19.2 Å². The summed E-state index contributed by atoms with van der Waals surface area (Å²) in [5, 5.41) is 18.3. The Morgan fingerprint density at radius 1 is 1.09 bits per heavy atom. The van der Waals surface area contributed by atoms with Gasteiger partial charge >= 0.3 is 0 Å². The number of hydrogen-bond acceptors (Lipinski definition) is 3. The molecule has 2 saturated carbocycles. The van der Waals surface area contributed by atoms with E-state index in [1.807, 2.05) is 24.8 Å². The van der Waals surface area contributed by atoms with Gasteiger partial charge in [-0.1, -0.05) is 0 Å². The van der Waals surface area contributed by atoms with Crippen LogP contribution in [0.4, 0.5) is 0 Å². The van der Waals surface area contributed by atoms with Gasteiger partial charge in [0.15, 0.2) is 0 Å². The molecule has 0 amide bonds. The van der Waals surface area contributed by atoms with E-state index in [1.165, 1.54) is 25.0 Å². The third-order valence-electron chi connectivity index (χ3n) is 4.40. The van der Waals surface area contributed by atoms with E-state index in [1.54, 1.807) is 4.68 Å². The van der Waals surface area contributed by atoms with Gasteiger partial charge in [0, 0.05) is 19.8 Å². The first-order valence-electron chi connectivity index (χ1n) is 8.00. The molecule has 2 fully saturated rings. The van der Waals surface area contributed by atoms with E-state index in [-0.39, 0.29) is 6.10 Å². The second-order valence-electron chi connectivity index (χ2n) is 6.53. The van der Waals surface area contributed by atoms with Crippen LogP contribution in [0.25, 0.3) is 0 Å². The lowest BCUT2D eigenvalue weighted by Gasteiger charge is -2.08. The smallest absolute Gasteiger partial charge is 0.123 e. The van der Waals surface area contributed by atoms with Gasteiger partial charge in [0.25, 0.3) is 0 Å². The van der Waals surface area contributed by atoms with E-state index in [0.29, 0.717) is 5.92 Å². The van der Waals surface area contributed by atoms with Crippen molar-refractivity contribution < 1.29 is 5.11 Å². The van der Waals surface area contributed by atoms with Crippen LogP contribution < -0.4 is 0 Å². The summed E-state index contributed by atoms with van der Waals surface area (Å²) in [4.78, 5) is 0. The zero-order valence-electron chi connectivity index (χ0n) is 13.4. The molecule has 0 spiro atoms. The van der Waals surface area contributed by atoms with Crippen molar-refractivity contribution >= 4 is 45.2 Å². The van der Waals surface area contributed by atoms with Gasteiger partial charge in [0.05, 0.1) is 11.8 Å². The van der Waals surface area contributed by atoms with Crippen LogP contribution in [-0.2, 0) is 20.5 Å². The summed E-state index contributed by atoms with van der Waals surface area (Å²) in [6.45, 7) is 0. The molecule has 2 aromatic rings. The fraction of sp³-hybridized carbons (Fsp3) is 0.625. The van der Waals surface area contributed by atoms with E-state index in [0.717, 1.165) is 31.9 Å². The van der Waals surface area contributed by atoms with Crippen LogP contribution in [0.5, 0.6) is 0 Å². The Labute approximate surface area is 164 Å². The first-order chi connectivity index (χ1) is 10.9. The third kappa shape index (κ3) is 4.91. The van der Waals surface area contributed by atoms with Crippen molar-refractivity contribution in [3.63, 3.8) is 0 Å². The fourth-order valence-corrected chi connectivity index (χ4v) is 3.98. The van der Waals surface area contributed by atoms with Crippen LogP contribution in [0.2, 0.25) is 0 Å². The molecular weight excluding hydrogens is 518 g/mol. The van der Waals surface area contributed by atoms with Gasteiger partial charge in [-0.3, -0.25) is 9.36 Å². The molecule has 4 rings (SSSR count). The molecule has 1 atom stereocenters. The fourth-order valence-electron chi connectivity index (χ4n) is 2.65. The van der Waals surface area contributed by atoms with Gasteiger partial charge in [-0.2, -0.15) is 10.2 Å². The van der Waals surface area contributed by atoms with Gasteiger partial charge in [0.1, 0.15) is 7.40 Å². The number of hydrogen-bond donors (Lipinski definition) is 1. The second kappa shape index (κ2) is 7.38. The Balaban J connectivity index is 0.000000136. The Bertz CT molecular complexity index is 674. The summed E-state index contributed by atoms with van der Waals surface area (Å²) in [5.74, 6) is 1.44. The minimum atomic E-state index is -0.300. The number of aromatic nitrogens is 4. The lowest BCUT2D eigenvalue weighted by atomic mass is 10.2. The van der Waals surface area contributed by atoms with Crippen LogP contribution in [-0.4, -0.2) is 24.7 Å². The van der Waals surface area contributed by atoms with Gasteiger partial charge < -0.3 is 5.11 Å². The number of nitrogens with zero attached hydrogens (tertiary/aromatic N) is 4. The van der Waals surface area contributed by atoms with Crippen LogP contribution in [0.3, 0.4) is 0 Å². The predicted molar refractivity (Wildman–Crippen MR) is 106 cm³/mol. The Morgan fingerprint density at radius 2 is 1.70 bits per heavy atom. The van der Waals surface area contributed by atoms with E-state index < -0.39 is 0 Å². The Kier molecular flexibility index (Phi) is 5.67.